The van der Waals surface area contributed by atoms with Crippen molar-refractivity contribution in [3.63, 3.8) is 0 Å². The Bertz CT molecular complexity index is 3050. The quantitative estimate of drug-likeness (QED) is 0.0308. The molecule has 9 N–H and O–H groups in total. The number of rotatable bonds is 17. The Morgan fingerprint density at radius 2 is 1.00 bits per heavy atom. The Morgan fingerprint density at radius 3 is 1.40 bits per heavy atom. The SMILES string of the molecule is CCNC(=O)Nc1cc(Nc2cccnc2)c(C(=O)Nc2cnc(Cl)nc2)cn1.CCNC(=O)Nc1cc(Nc2cccnc2)c(C(=O)Nc2cnc(N3CCC(C)(C(=O)OCC)CC3)nc2)cn1.CCOC(=O)C1(C)CCNCC1.Cl. The van der Waals surface area contributed by atoms with Crippen LogP contribution < -0.4 is 52.8 Å². The Morgan fingerprint density at radius 1 is 0.573 bits per heavy atom. The molecule has 0 aliphatic carbocycles. The first-order valence-electron chi connectivity index (χ1n) is 26.2. The number of hydrogen-bond donors (Lipinski definition) is 9. The molecule has 26 nitrogen and oxygen atoms in total. The molecule has 0 radical (unpaired) electrons. The van der Waals surface area contributed by atoms with E-state index in [0.717, 1.165) is 25.9 Å². The third-order valence-electron chi connectivity index (χ3n) is 12.5. The molecule has 0 saturated carbocycles. The zero-order valence-corrected chi connectivity index (χ0v) is 47.9. The van der Waals surface area contributed by atoms with Gasteiger partial charge in [0.1, 0.15) is 11.6 Å². The summed E-state index contributed by atoms with van der Waals surface area (Å²) in [6, 6.07) is 9.41. The number of halogens is 2. The van der Waals surface area contributed by atoms with Gasteiger partial charge in [-0.05, 0) is 116 Å². The van der Waals surface area contributed by atoms with E-state index in [0.29, 0.717) is 92.3 Å². The van der Waals surface area contributed by atoms with E-state index in [-0.39, 0.29) is 57.8 Å². The van der Waals surface area contributed by atoms with Crippen LogP contribution >= 0.6 is 24.0 Å². The summed E-state index contributed by atoms with van der Waals surface area (Å²) in [6.45, 7) is 16.0. The summed E-state index contributed by atoms with van der Waals surface area (Å²) in [5.74, 6) is -0.0384. The molecule has 0 unspecified atom stereocenters. The van der Waals surface area contributed by atoms with Crippen molar-refractivity contribution in [1.29, 1.82) is 0 Å². The maximum atomic E-state index is 13.2. The summed E-state index contributed by atoms with van der Waals surface area (Å²) in [6.07, 6.45) is 18.1. The van der Waals surface area contributed by atoms with Crippen LogP contribution in [0.2, 0.25) is 5.28 Å². The lowest BCUT2D eigenvalue weighted by molar-refractivity contribution is -0.156. The Labute approximate surface area is 485 Å². The first-order valence-corrected chi connectivity index (χ1v) is 26.6. The van der Waals surface area contributed by atoms with Gasteiger partial charge in [0.15, 0.2) is 0 Å². The molecule has 82 heavy (non-hydrogen) atoms. The number of esters is 2. The minimum Gasteiger partial charge on any atom is -0.466 e. The van der Waals surface area contributed by atoms with Gasteiger partial charge in [-0.1, -0.05) is 0 Å². The van der Waals surface area contributed by atoms with Crippen molar-refractivity contribution >= 4 is 112 Å². The number of hydrogen-bond acceptors (Lipinski definition) is 20. The second-order valence-corrected chi connectivity index (χ2v) is 19.0. The zero-order chi connectivity index (χ0) is 58.2. The van der Waals surface area contributed by atoms with Crippen molar-refractivity contribution in [2.75, 3.05) is 89.3 Å². The monoisotopic (exact) mass is 1170 g/mol. The predicted molar refractivity (Wildman–Crippen MR) is 314 cm³/mol. The molecule has 6 aromatic rings. The van der Waals surface area contributed by atoms with Gasteiger partial charge in [0.2, 0.25) is 11.2 Å². The highest BCUT2D eigenvalue weighted by Crippen LogP contribution is 2.34. The fourth-order valence-electron chi connectivity index (χ4n) is 7.96. The summed E-state index contributed by atoms with van der Waals surface area (Å²) in [5, 5.41) is 25.5. The van der Waals surface area contributed by atoms with Crippen molar-refractivity contribution < 1.29 is 38.2 Å². The molecule has 0 atom stereocenters. The molecule has 6 amide bonds. The van der Waals surface area contributed by atoms with Gasteiger partial charge in [0.25, 0.3) is 11.8 Å². The van der Waals surface area contributed by atoms with E-state index in [9.17, 15) is 28.8 Å². The van der Waals surface area contributed by atoms with Crippen LogP contribution in [0.25, 0.3) is 0 Å². The minimum atomic E-state index is -0.513. The highest BCUT2D eigenvalue weighted by Gasteiger charge is 2.39. The maximum absolute atomic E-state index is 13.2. The number of anilines is 9. The average Bonchev–Trinajstić information content (AvgIpc) is 3.51. The zero-order valence-electron chi connectivity index (χ0n) is 46.3. The van der Waals surface area contributed by atoms with E-state index >= 15 is 0 Å². The Balaban J connectivity index is 0.000000255. The van der Waals surface area contributed by atoms with Crippen LogP contribution in [0.4, 0.5) is 61.3 Å². The second kappa shape index (κ2) is 31.8. The minimum absolute atomic E-state index is 0. The van der Waals surface area contributed by atoms with Crippen LogP contribution in [0, 0.1) is 10.8 Å². The number of carbonyl (C=O) groups is 6. The van der Waals surface area contributed by atoms with E-state index < -0.39 is 29.3 Å². The van der Waals surface area contributed by atoms with Crippen LogP contribution in [-0.4, -0.2) is 128 Å². The smallest absolute Gasteiger partial charge is 0.320 e. The van der Waals surface area contributed by atoms with Crippen LogP contribution in [-0.2, 0) is 19.1 Å². The first-order chi connectivity index (χ1) is 39.0. The van der Waals surface area contributed by atoms with Gasteiger partial charge >= 0.3 is 24.0 Å². The Hall–Kier alpha value is -8.88. The first kappa shape index (κ1) is 63.9. The van der Waals surface area contributed by atoms with Crippen LogP contribution in [0.15, 0.2) is 98.4 Å². The standard InChI is InChI=1S/C27H33N9O4.C18H17ClN8O2.C9H17NO2.ClH/c1-4-29-26(39)35-22-13-21(33-18-7-6-10-28-14-18)20(17-30-22)23(37)34-19-15-31-25(32-16-19)36-11-8-27(3,9-12-36)24(38)40-5-2;1-2-21-18(29)27-15-6-14(25-11-4-3-5-20-7-11)13(10-22-15)16(28)26-12-8-23-17(19)24-9-12;1-3-12-8(11)9(2)4-6-10-7-5-9;/h6-7,10,13-17H,4-5,8-9,11-12H2,1-3H3,(H,34,37)(H3,29,30,33,35,39);3-10H,2H2,1H3,(H,26,28)(H3,21,22,25,27,29);10H,3-7H2,1-2H3;1H. The van der Waals surface area contributed by atoms with Crippen molar-refractivity contribution in [2.24, 2.45) is 10.8 Å². The molecule has 6 aromatic heterocycles. The number of pyridine rings is 4. The summed E-state index contributed by atoms with van der Waals surface area (Å²) in [7, 11) is 0. The van der Waals surface area contributed by atoms with Crippen molar-refractivity contribution in [1.82, 2.24) is 55.8 Å². The molecular formula is C54H68Cl2N18O8. The number of ether oxygens (including phenoxy) is 2. The molecule has 0 spiro atoms. The molecule has 8 rings (SSSR count). The van der Waals surface area contributed by atoms with Gasteiger partial charge in [-0.3, -0.25) is 39.8 Å². The third kappa shape index (κ3) is 19.2. The lowest BCUT2D eigenvalue weighted by Crippen LogP contribution is -2.44. The lowest BCUT2D eigenvalue weighted by atomic mass is 9.80. The number of piperidine rings is 2. The number of urea groups is 2. The summed E-state index contributed by atoms with van der Waals surface area (Å²) in [4.78, 5) is 108. The van der Waals surface area contributed by atoms with E-state index in [1.807, 2.05) is 25.7 Å². The van der Waals surface area contributed by atoms with E-state index in [2.05, 4.69) is 87.7 Å². The van der Waals surface area contributed by atoms with Crippen molar-refractivity contribution in [3.05, 3.63) is 115 Å². The van der Waals surface area contributed by atoms with Crippen LogP contribution in [0.1, 0.15) is 87.9 Å². The number of carbonyl (C=O) groups excluding carboxylic acids is 6. The number of nitrogens with zero attached hydrogens (tertiary/aromatic N) is 9. The largest absolute Gasteiger partial charge is 0.466 e. The average molecular weight is 1170 g/mol. The van der Waals surface area contributed by atoms with Crippen LogP contribution in [0.5, 0.6) is 0 Å². The summed E-state index contributed by atoms with van der Waals surface area (Å²) >= 11 is 5.66. The maximum Gasteiger partial charge on any atom is 0.320 e. The molecule has 0 aromatic carbocycles. The fourth-order valence-corrected chi connectivity index (χ4v) is 8.06. The molecule has 2 aliphatic heterocycles. The molecule has 436 valence electrons. The number of amides is 6. The summed E-state index contributed by atoms with van der Waals surface area (Å²) in [5.41, 5.74) is 2.66. The molecule has 2 fully saturated rings. The lowest BCUT2D eigenvalue weighted by Gasteiger charge is -2.37. The van der Waals surface area contributed by atoms with Crippen molar-refractivity contribution in [2.45, 2.75) is 67.2 Å². The van der Waals surface area contributed by atoms with Gasteiger partial charge in [-0.25, -0.2) is 39.5 Å². The molecule has 2 aliphatic rings. The predicted octanol–water partition coefficient (Wildman–Crippen LogP) is 7.99. The fraction of sp³-hybridized carbons (Fsp3) is 0.370. The molecule has 2 saturated heterocycles. The second-order valence-electron chi connectivity index (χ2n) is 18.7. The van der Waals surface area contributed by atoms with Crippen molar-refractivity contribution in [3.8, 4) is 0 Å². The Kier molecular flexibility index (Phi) is 24.8. The topological polar surface area (TPSA) is 336 Å². The van der Waals surface area contributed by atoms with E-state index in [1.54, 1.807) is 82.0 Å². The number of nitrogens with one attached hydrogen (secondary N) is 9. The summed E-state index contributed by atoms with van der Waals surface area (Å²) < 4.78 is 10.2. The molecular weight excluding hydrogens is 1100 g/mol. The normalized spacial score (nSPS) is 13.7. The number of aromatic nitrogens is 8. The van der Waals surface area contributed by atoms with Gasteiger partial charge in [-0.2, -0.15) is 0 Å². The molecule has 28 heteroatoms. The van der Waals surface area contributed by atoms with E-state index in [1.165, 1.54) is 37.2 Å². The highest BCUT2D eigenvalue weighted by atomic mass is 35.5. The van der Waals surface area contributed by atoms with Gasteiger partial charge in [0, 0.05) is 63.1 Å². The highest BCUT2D eigenvalue weighted by molar-refractivity contribution is 6.28. The van der Waals surface area contributed by atoms with Gasteiger partial charge in [-0.15, -0.1) is 12.4 Å². The molecule has 8 heterocycles. The third-order valence-corrected chi connectivity index (χ3v) is 12.7. The van der Waals surface area contributed by atoms with E-state index in [4.69, 9.17) is 21.1 Å². The molecule has 0 bridgehead atoms. The van der Waals surface area contributed by atoms with Gasteiger partial charge in [0.05, 0.1) is 106 Å². The van der Waals surface area contributed by atoms with Crippen LogP contribution in [0.3, 0.4) is 0 Å². The van der Waals surface area contributed by atoms with Gasteiger partial charge < -0.3 is 51.6 Å².